The van der Waals surface area contributed by atoms with E-state index in [4.69, 9.17) is 11.7 Å². The number of nitrogen functional groups attached to an aromatic ring is 2. The van der Waals surface area contributed by atoms with Gasteiger partial charge < -0.3 is 0 Å². The van der Waals surface area contributed by atoms with Gasteiger partial charge in [0.25, 0.3) is 11.8 Å². The number of amides is 2. The van der Waals surface area contributed by atoms with Crippen molar-refractivity contribution in [2.75, 3.05) is 0 Å². The van der Waals surface area contributed by atoms with E-state index < -0.39 is 11.8 Å². The van der Waals surface area contributed by atoms with Crippen molar-refractivity contribution >= 4 is 23.2 Å². The number of hydrogen-bond donors (Lipinski definition) is 4. The van der Waals surface area contributed by atoms with Crippen molar-refractivity contribution in [2.24, 2.45) is 11.7 Å². The summed E-state index contributed by atoms with van der Waals surface area (Å²) in [7, 11) is 0. The van der Waals surface area contributed by atoms with Gasteiger partial charge in [-0.2, -0.15) is 0 Å². The van der Waals surface area contributed by atoms with Crippen molar-refractivity contribution in [1.82, 2.24) is 10.9 Å². The average Bonchev–Trinajstić information content (AvgIpc) is 2.63. The van der Waals surface area contributed by atoms with Crippen molar-refractivity contribution in [2.45, 2.75) is 0 Å². The number of carbonyl (C=O) groups excluding carboxylic acids is 2. The molecule has 0 fully saturated rings. The monoisotopic (exact) mass is 200 g/mol. The van der Waals surface area contributed by atoms with Crippen LogP contribution in [0.4, 0.5) is 0 Å². The Bertz CT molecular complexity index is 305. The summed E-state index contributed by atoms with van der Waals surface area (Å²) < 4.78 is 0. The molecule has 0 spiro atoms. The van der Waals surface area contributed by atoms with E-state index in [2.05, 4.69) is 0 Å². The van der Waals surface area contributed by atoms with Gasteiger partial charge in [-0.15, -0.1) is 11.3 Å². The lowest BCUT2D eigenvalue weighted by molar-refractivity contribution is 0.0923. The Morgan fingerprint density at radius 1 is 1.23 bits per heavy atom. The van der Waals surface area contributed by atoms with E-state index in [0.29, 0.717) is 0 Å². The minimum Gasteiger partial charge on any atom is -0.290 e. The topological polar surface area (TPSA) is 110 Å². The van der Waals surface area contributed by atoms with Crippen LogP contribution in [-0.4, -0.2) is 11.8 Å². The molecular formula is C6H8N4O2S. The molecule has 0 unspecified atom stereocenters. The zero-order chi connectivity index (χ0) is 9.84. The van der Waals surface area contributed by atoms with Crippen LogP contribution < -0.4 is 22.5 Å². The molecule has 1 heterocycles. The van der Waals surface area contributed by atoms with Crippen molar-refractivity contribution in [1.29, 1.82) is 0 Å². The van der Waals surface area contributed by atoms with Gasteiger partial charge in [0.1, 0.15) is 4.88 Å². The lowest BCUT2D eigenvalue weighted by Crippen LogP contribution is -2.34. The molecule has 0 radical (unpaired) electrons. The lowest BCUT2D eigenvalue weighted by atomic mass is 10.2. The summed E-state index contributed by atoms with van der Waals surface area (Å²) in [5, 5.41) is 1.61. The molecule has 1 aromatic heterocycles. The summed E-state index contributed by atoms with van der Waals surface area (Å²) in [6, 6.07) is 1.50. The van der Waals surface area contributed by atoms with Crippen LogP contribution in [-0.2, 0) is 0 Å². The van der Waals surface area contributed by atoms with Crippen molar-refractivity contribution < 1.29 is 9.59 Å². The average molecular weight is 200 g/mol. The van der Waals surface area contributed by atoms with Crippen molar-refractivity contribution in [3.8, 4) is 0 Å². The maximum atomic E-state index is 11.1. The fourth-order valence-corrected chi connectivity index (χ4v) is 1.60. The minimum absolute atomic E-state index is 0.218. The molecule has 2 amide bonds. The van der Waals surface area contributed by atoms with Crippen LogP contribution in [0.15, 0.2) is 11.4 Å². The van der Waals surface area contributed by atoms with Crippen LogP contribution in [0.1, 0.15) is 20.0 Å². The zero-order valence-corrected chi connectivity index (χ0v) is 7.35. The third-order valence-corrected chi connectivity index (χ3v) is 2.29. The van der Waals surface area contributed by atoms with Gasteiger partial charge in [-0.1, -0.05) is 0 Å². The van der Waals surface area contributed by atoms with Crippen LogP contribution in [0.3, 0.4) is 0 Å². The van der Waals surface area contributed by atoms with E-state index in [9.17, 15) is 9.59 Å². The molecule has 6 nitrogen and oxygen atoms in total. The quantitative estimate of drug-likeness (QED) is 0.277. The second-order valence-electron chi connectivity index (χ2n) is 2.11. The summed E-state index contributed by atoms with van der Waals surface area (Å²) in [6.07, 6.45) is 0. The van der Waals surface area contributed by atoms with Gasteiger partial charge in [-0.3, -0.25) is 20.4 Å². The molecule has 1 rings (SSSR count). The molecule has 6 N–H and O–H groups in total. The molecule has 0 saturated carbocycles. The Labute approximate surface area is 77.8 Å². The Morgan fingerprint density at radius 2 is 1.85 bits per heavy atom. The van der Waals surface area contributed by atoms with Gasteiger partial charge in [-0.05, 0) is 11.4 Å². The van der Waals surface area contributed by atoms with Crippen LogP contribution in [0.5, 0.6) is 0 Å². The van der Waals surface area contributed by atoms with E-state index in [1.807, 2.05) is 10.9 Å². The van der Waals surface area contributed by atoms with E-state index >= 15 is 0 Å². The Balaban J connectivity index is 3.02. The van der Waals surface area contributed by atoms with E-state index in [1.165, 1.54) is 6.07 Å². The lowest BCUT2D eigenvalue weighted by Gasteiger charge is -1.99. The van der Waals surface area contributed by atoms with Crippen LogP contribution in [0.2, 0.25) is 0 Å². The maximum Gasteiger partial charge on any atom is 0.276 e. The molecule has 70 valence electrons. The second kappa shape index (κ2) is 3.99. The van der Waals surface area contributed by atoms with Crippen LogP contribution in [0, 0.1) is 0 Å². The molecular weight excluding hydrogens is 192 g/mol. The smallest absolute Gasteiger partial charge is 0.276 e. The third kappa shape index (κ3) is 1.83. The summed E-state index contributed by atoms with van der Waals surface area (Å²) in [5.74, 6) is 8.81. The predicted octanol–water partition coefficient (Wildman–Crippen LogP) is -1.04. The molecule has 13 heavy (non-hydrogen) atoms. The van der Waals surface area contributed by atoms with Gasteiger partial charge in [0.15, 0.2) is 0 Å². The SMILES string of the molecule is NNC(=O)c1ccsc1C(=O)NN. The molecule has 0 aromatic carbocycles. The first-order valence-corrected chi connectivity index (χ1v) is 4.18. The highest BCUT2D eigenvalue weighted by atomic mass is 32.1. The van der Waals surface area contributed by atoms with Crippen molar-refractivity contribution in [3.05, 3.63) is 21.9 Å². The number of thiophene rings is 1. The highest BCUT2D eigenvalue weighted by molar-refractivity contribution is 7.12. The van der Waals surface area contributed by atoms with Crippen LogP contribution in [0.25, 0.3) is 0 Å². The first-order valence-electron chi connectivity index (χ1n) is 3.30. The molecule has 0 atom stereocenters. The number of nitrogens with two attached hydrogens (primary N) is 2. The largest absolute Gasteiger partial charge is 0.290 e. The fourth-order valence-electron chi connectivity index (χ4n) is 0.807. The Hall–Kier alpha value is -1.44. The van der Waals surface area contributed by atoms with Gasteiger partial charge in [0, 0.05) is 0 Å². The van der Waals surface area contributed by atoms with Crippen LogP contribution >= 0.6 is 11.3 Å². The summed E-state index contributed by atoms with van der Waals surface area (Å²) >= 11 is 1.12. The van der Waals surface area contributed by atoms with Gasteiger partial charge in [-0.25, -0.2) is 11.7 Å². The number of carbonyl (C=O) groups is 2. The molecule has 7 heteroatoms. The summed E-state index contributed by atoms with van der Waals surface area (Å²) in [5.41, 5.74) is 4.09. The highest BCUT2D eigenvalue weighted by Crippen LogP contribution is 2.15. The van der Waals surface area contributed by atoms with Gasteiger partial charge in [0.2, 0.25) is 0 Å². The molecule has 1 aromatic rings. The van der Waals surface area contributed by atoms with E-state index in [-0.39, 0.29) is 10.4 Å². The molecule has 0 bridgehead atoms. The van der Waals surface area contributed by atoms with E-state index in [1.54, 1.807) is 5.38 Å². The predicted molar refractivity (Wildman–Crippen MR) is 47.6 cm³/mol. The maximum absolute atomic E-state index is 11.1. The number of rotatable bonds is 2. The molecule has 0 aliphatic carbocycles. The zero-order valence-electron chi connectivity index (χ0n) is 6.53. The standard InChI is InChI=1S/C6H8N4O2S/c7-9-5(11)3-1-2-13-4(3)6(12)10-8/h1-2H,7-8H2,(H,9,11)(H,10,12). The first kappa shape index (κ1) is 9.65. The van der Waals surface area contributed by atoms with Crippen molar-refractivity contribution in [3.63, 3.8) is 0 Å². The molecule has 0 aliphatic rings. The minimum atomic E-state index is -0.514. The normalized spacial score (nSPS) is 9.38. The highest BCUT2D eigenvalue weighted by Gasteiger charge is 2.16. The van der Waals surface area contributed by atoms with Gasteiger partial charge >= 0.3 is 0 Å². The number of nitrogens with one attached hydrogen (secondary N) is 2. The van der Waals surface area contributed by atoms with E-state index in [0.717, 1.165) is 11.3 Å². The Kier molecular flexibility index (Phi) is 2.96. The summed E-state index contributed by atoms with van der Waals surface area (Å²) in [4.78, 5) is 22.4. The second-order valence-corrected chi connectivity index (χ2v) is 3.03. The Morgan fingerprint density at radius 3 is 2.38 bits per heavy atom. The van der Waals surface area contributed by atoms with Gasteiger partial charge in [0.05, 0.1) is 5.56 Å². The first-order chi connectivity index (χ1) is 6.20. The number of hydrogen-bond acceptors (Lipinski definition) is 5. The summed E-state index contributed by atoms with van der Waals surface area (Å²) in [6.45, 7) is 0. The fraction of sp³-hybridized carbons (Fsp3) is 0. The number of hydrazine groups is 2. The molecule has 0 aliphatic heterocycles. The third-order valence-electron chi connectivity index (χ3n) is 1.38. The molecule has 0 saturated heterocycles.